The molecule has 0 spiro atoms. The van der Waals surface area contributed by atoms with Crippen molar-refractivity contribution in [3.8, 4) is 0 Å². The van der Waals surface area contributed by atoms with Gasteiger partial charge in [0.1, 0.15) is 0 Å². The van der Waals surface area contributed by atoms with Crippen molar-refractivity contribution in [2.75, 3.05) is 18.6 Å². The fourth-order valence-corrected chi connectivity index (χ4v) is 0.771. The fraction of sp³-hybridized carbons (Fsp3) is 0.600. The number of hydrogen-bond acceptors (Lipinski definition) is 4. The van der Waals surface area contributed by atoms with Gasteiger partial charge in [-0.05, 0) is 6.26 Å². The molecule has 0 aromatic carbocycles. The van der Waals surface area contributed by atoms with Gasteiger partial charge in [-0.25, -0.2) is 0 Å². The number of nitrogens with one attached hydrogen (secondary N) is 1. The van der Waals surface area contributed by atoms with Crippen LogP contribution in [-0.4, -0.2) is 35.5 Å². The lowest BCUT2D eigenvalue weighted by Gasteiger charge is -2.00. The van der Waals surface area contributed by atoms with Crippen molar-refractivity contribution >= 4 is 23.5 Å². The highest BCUT2D eigenvalue weighted by atomic mass is 32.2. The van der Waals surface area contributed by atoms with Gasteiger partial charge in [-0.2, -0.15) is 11.8 Å². The summed E-state index contributed by atoms with van der Waals surface area (Å²) in [7, 11) is 0. The molecular weight excluding hydrogens is 166 g/mol. The quantitative estimate of drug-likeness (QED) is 0.227. The molecule has 0 heterocycles. The molecule has 0 saturated carbocycles. The van der Waals surface area contributed by atoms with E-state index < -0.39 is 0 Å². The van der Waals surface area contributed by atoms with E-state index >= 15 is 0 Å². The van der Waals surface area contributed by atoms with E-state index in [-0.39, 0.29) is 18.3 Å². The Labute approximate surface area is 69.0 Å². The predicted octanol–water partition coefficient (Wildman–Crippen LogP) is -0.788. The Balaban J connectivity index is 3.46. The minimum Gasteiger partial charge on any atom is -0.409 e. The van der Waals surface area contributed by atoms with Gasteiger partial charge >= 0.3 is 0 Å². The number of rotatable bonds is 4. The maximum Gasteiger partial charge on any atom is 0.230 e. The van der Waals surface area contributed by atoms with Crippen LogP contribution in [0.15, 0.2) is 5.16 Å². The van der Waals surface area contributed by atoms with Crippen molar-refractivity contribution in [3.63, 3.8) is 0 Å². The topological polar surface area (TPSA) is 87.7 Å². The van der Waals surface area contributed by atoms with Crippen LogP contribution >= 0.6 is 11.8 Å². The van der Waals surface area contributed by atoms with Crippen molar-refractivity contribution in [1.29, 1.82) is 0 Å². The Morgan fingerprint density at radius 2 is 2.45 bits per heavy atom. The first-order chi connectivity index (χ1) is 5.20. The van der Waals surface area contributed by atoms with Crippen LogP contribution in [0.5, 0.6) is 0 Å². The highest BCUT2D eigenvalue weighted by Gasteiger charge is 1.99. The molecule has 0 radical (unpaired) electrons. The van der Waals surface area contributed by atoms with Gasteiger partial charge in [-0.15, -0.1) is 0 Å². The SMILES string of the molecule is CSCC(=O)NCC(N)=NO. The van der Waals surface area contributed by atoms with Crippen LogP contribution in [0.3, 0.4) is 0 Å². The molecule has 11 heavy (non-hydrogen) atoms. The van der Waals surface area contributed by atoms with Gasteiger partial charge in [0.2, 0.25) is 5.91 Å². The van der Waals surface area contributed by atoms with Crippen molar-refractivity contribution < 1.29 is 10.0 Å². The van der Waals surface area contributed by atoms with Crippen molar-refractivity contribution in [1.82, 2.24) is 5.32 Å². The summed E-state index contributed by atoms with van der Waals surface area (Å²) in [5, 5.41) is 13.2. The third kappa shape index (κ3) is 5.53. The largest absolute Gasteiger partial charge is 0.409 e. The van der Waals surface area contributed by atoms with E-state index in [0.29, 0.717) is 5.75 Å². The average Bonchev–Trinajstić information content (AvgIpc) is 2.01. The van der Waals surface area contributed by atoms with Gasteiger partial charge in [0.05, 0.1) is 12.3 Å². The maximum absolute atomic E-state index is 10.7. The van der Waals surface area contributed by atoms with Crippen LogP contribution in [0.2, 0.25) is 0 Å². The smallest absolute Gasteiger partial charge is 0.230 e. The van der Waals surface area contributed by atoms with E-state index in [1.165, 1.54) is 11.8 Å². The molecule has 0 saturated heterocycles. The second-order valence-corrected chi connectivity index (χ2v) is 2.67. The van der Waals surface area contributed by atoms with Gasteiger partial charge in [-0.3, -0.25) is 4.79 Å². The summed E-state index contributed by atoms with van der Waals surface area (Å²) >= 11 is 1.41. The third-order valence-corrected chi connectivity index (χ3v) is 1.42. The minimum atomic E-state index is -0.121. The molecule has 6 heteroatoms. The molecule has 0 aliphatic carbocycles. The van der Waals surface area contributed by atoms with Crippen LogP contribution in [-0.2, 0) is 4.79 Å². The number of thioether (sulfide) groups is 1. The zero-order valence-electron chi connectivity index (χ0n) is 6.20. The zero-order chi connectivity index (χ0) is 8.69. The van der Waals surface area contributed by atoms with Gasteiger partial charge in [0.25, 0.3) is 0 Å². The molecule has 0 aliphatic heterocycles. The molecule has 0 aliphatic rings. The summed E-state index contributed by atoms with van der Waals surface area (Å²) in [6.45, 7) is 0.0931. The van der Waals surface area contributed by atoms with E-state index in [0.717, 1.165) is 0 Å². The van der Waals surface area contributed by atoms with Crippen molar-refractivity contribution in [2.45, 2.75) is 0 Å². The maximum atomic E-state index is 10.7. The first-order valence-corrected chi connectivity index (χ1v) is 4.32. The Kier molecular flexibility index (Phi) is 5.36. The zero-order valence-corrected chi connectivity index (χ0v) is 7.02. The van der Waals surface area contributed by atoms with E-state index in [1.807, 2.05) is 6.26 Å². The number of amides is 1. The second kappa shape index (κ2) is 5.84. The van der Waals surface area contributed by atoms with Gasteiger partial charge in [0.15, 0.2) is 5.84 Å². The Morgan fingerprint density at radius 3 is 2.91 bits per heavy atom. The van der Waals surface area contributed by atoms with Crippen molar-refractivity contribution in [3.05, 3.63) is 0 Å². The third-order valence-electron chi connectivity index (χ3n) is 0.871. The van der Waals surface area contributed by atoms with Crippen LogP contribution in [0.4, 0.5) is 0 Å². The van der Waals surface area contributed by atoms with Crippen LogP contribution in [0.1, 0.15) is 0 Å². The standard InChI is InChI=1S/C5H11N3O2S/c1-11-3-5(9)7-2-4(6)8-10/h10H,2-3H2,1H3,(H2,6,8)(H,7,9). The summed E-state index contributed by atoms with van der Waals surface area (Å²) in [6.07, 6.45) is 1.82. The molecule has 0 unspecified atom stereocenters. The molecule has 1 amide bonds. The molecule has 0 atom stereocenters. The summed E-state index contributed by atoms with van der Waals surface area (Å²) in [6, 6.07) is 0. The summed E-state index contributed by atoms with van der Waals surface area (Å²) in [5.41, 5.74) is 5.10. The molecule has 4 N–H and O–H groups in total. The fourth-order valence-electron chi connectivity index (χ4n) is 0.407. The number of hydrogen-bond donors (Lipinski definition) is 3. The lowest BCUT2D eigenvalue weighted by Crippen LogP contribution is -2.34. The number of carbonyl (C=O) groups excluding carboxylic acids is 1. The molecule has 0 fully saturated rings. The molecule has 64 valence electrons. The van der Waals surface area contributed by atoms with E-state index in [9.17, 15) is 4.79 Å². The molecule has 0 rings (SSSR count). The first-order valence-electron chi connectivity index (χ1n) is 2.92. The molecular formula is C5H11N3O2S. The van der Waals surface area contributed by atoms with Gasteiger partial charge < -0.3 is 16.3 Å². The lowest BCUT2D eigenvalue weighted by molar-refractivity contribution is -0.118. The van der Waals surface area contributed by atoms with Crippen LogP contribution in [0.25, 0.3) is 0 Å². The summed E-state index contributed by atoms with van der Waals surface area (Å²) in [5.74, 6) is 0.266. The van der Waals surface area contributed by atoms with Gasteiger partial charge in [-0.1, -0.05) is 5.16 Å². The van der Waals surface area contributed by atoms with E-state index in [2.05, 4.69) is 10.5 Å². The highest BCUT2D eigenvalue weighted by molar-refractivity contribution is 7.99. The number of carbonyl (C=O) groups is 1. The normalized spacial score (nSPS) is 11.2. The van der Waals surface area contributed by atoms with E-state index in [1.54, 1.807) is 0 Å². The Hall–Kier alpha value is -0.910. The molecule has 0 bridgehead atoms. The van der Waals surface area contributed by atoms with E-state index in [4.69, 9.17) is 10.9 Å². The number of nitrogens with zero attached hydrogens (tertiary/aromatic N) is 1. The summed E-state index contributed by atoms with van der Waals surface area (Å²) < 4.78 is 0. The first kappa shape index (κ1) is 10.1. The predicted molar refractivity (Wildman–Crippen MR) is 44.8 cm³/mol. The highest BCUT2D eigenvalue weighted by Crippen LogP contribution is 1.88. The average molecular weight is 177 g/mol. The minimum absolute atomic E-state index is 0.000506. The lowest BCUT2D eigenvalue weighted by atomic mass is 10.5. The van der Waals surface area contributed by atoms with Crippen LogP contribution < -0.4 is 11.1 Å². The molecule has 0 aromatic heterocycles. The second-order valence-electron chi connectivity index (χ2n) is 1.80. The number of nitrogens with two attached hydrogens (primary N) is 1. The molecule has 0 aromatic rings. The Morgan fingerprint density at radius 1 is 1.82 bits per heavy atom. The number of amidine groups is 1. The van der Waals surface area contributed by atoms with Crippen LogP contribution in [0, 0.1) is 0 Å². The summed E-state index contributed by atoms with van der Waals surface area (Å²) in [4.78, 5) is 10.7. The Bertz CT molecular complexity index is 160. The molecule has 5 nitrogen and oxygen atoms in total. The van der Waals surface area contributed by atoms with Gasteiger partial charge in [0, 0.05) is 0 Å². The number of oxime groups is 1. The van der Waals surface area contributed by atoms with Crippen molar-refractivity contribution in [2.24, 2.45) is 10.9 Å². The monoisotopic (exact) mass is 177 g/mol.